The van der Waals surface area contributed by atoms with Crippen molar-refractivity contribution in [3.63, 3.8) is 0 Å². The van der Waals surface area contributed by atoms with E-state index in [0.717, 1.165) is 6.42 Å². The first-order chi connectivity index (χ1) is 6.40. The molecule has 68 valence electrons. The second-order valence-corrected chi connectivity index (χ2v) is 3.76. The van der Waals surface area contributed by atoms with Crippen LogP contribution in [-0.4, -0.2) is 0 Å². The normalized spacial score (nSPS) is 15.0. The highest BCUT2D eigenvalue weighted by atomic mass is 14.1. The van der Waals surface area contributed by atoms with E-state index in [1.165, 1.54) is 30.4 Å². The van der Waals surface area contributed by atoms with E-state index < -0.39 is 0 Å². The van der Waals surface area contributed by atoms with Crippen molar-refractivity contribution in [1.82, 2.24) is 0 Å². The number of hydrogen-bond acceptors (Lipinski definition) is 0. The third kappa shape index (κ3) is 1.82. The van der Waals surface area contributed by atoms with Crippen molar-refractivity contribution in [2.75, 3.05) is 0 Å². The molecule has 0 aromatic heterocycles. The molecular weight excluding hydrogens is 156 g/mol. The smallest absolute Gasteiger partial charge is 0.00642 e. The van der Waals surface area contributed by atoms with Gasteiger partial charge in [0.2, 0.25) is 0 Å². The summed E-state index contributed by atoms with van der Waals surface area (Å²) in [7, 11) is 0. The number of fused-ring (bicyclic) bond motifs is 1. The van der Waals surface area contributed by atoms with Gasteiger partial charge in [-0.1, -0.05) is 49.3 Å². The van der Waals surface area contributed by atoms with Crippen LogP contribution in [0.3, 0.4) is 0 Å². The highest BCUT2D eigenvalue weighted by molar-refractivity contribution is 5.36. The maximum atomic E-state index is 2.41. The van der Waals surface area contributed by atoms with E-state index in [2.05, 4.69) is 37.3 Å². The van der Waals surface area contributed by atoms with E-state index in [9.17, 15) is 0 Å². The van der Waals surface area contributed by atoms with Crippen LogP contribution in [0.4, 0.5) is 0 Å². The van der Waals surface area contributed by atoms with Crippen LogP contribution >= 0.6 is 0 Å². The third-order valence-corrected chi connectivity index (χ3v) is 2.72. The summed E-state index contributed by atoms with van der Waals surface area (Å²) in [5.41, 5.74) is 4.68. The molecule has 0 amide bonds. The molecule has 0 radical (unpaired) electrons. The van der Waals surface area contributed by atoms with E-state index in [4.69, 9.17) is 0 Å². The lowest BCUT2D eigenvalue weighted by Gasteiger charge is -2.16. The zero-order chi connectivity index (χ0) is 9.10. The van der Waals surface area contributed by atoms with Crippen molar-refractivity contribution in [3.8, 4) is 0 Å². The van der Waals surface area contributed by atoms with E-state index in [1.54, 1.807) is 5.57 Å². The Morgan fingerprint density at radius 3 is 2.69 bits per heavy atom. The van der Waals surface area contributed by atoms with Crippen LogP contribution in [0.15, 0.2) is 35.9 Å². The van der Waals surface area contributed by atoms with Gasteiger partial charge in [-0.2, -0.15) is 0 Å². The van der Waals surface area contributed by atoms with Crippen molar-refractivity contribution in [3.05, 3.63) is 47.0 Å². The Morgan fingerprint density at radius 1 is 1.15 bits per heavy atom. The predicted molar refractivity (Wildman–Crippen MR) is 56.8 cm³/mol. The maximum absolute atomic E-state index is 2.41. The van der Waals surface area contributed by atoms with Crippen molar-refractivity contribution >= 4 is 0 Å². The second-order valence-electron chi connectivity index (χ2n) is 3.76. The molecule has 0 bridgehead atoms. The molecule has 0 spiro atoms. The highest BCUT2D eigenvalue weighted by Crippen LogP contribution is 2.22. The van der Waals surface area contributed by atoms with E-state index in [-0.39, 0.29) is 0 Å². The Labute approximate surface area is 80.3 Å². The monoisotopic (exact) mass is 172 g/mol. The van der Waals surface area contributed by atoms with Crippen LogP contribution in [0.5, 0.6) is 0 Å². The van der Waals surface area contributed by atoms with Gasteiger partial charge in [-0.3, -0.25) is 0 Å². The molecule has 13 heavy (non-hydrogen) atoms. The molecule has 0 heterocycles. The zero-order valence-corrected chi connectivity index (χ0v) is 8.22. The van der Waals surface area contributed by atoms with Gasteiger partial charge >= 0.3 is 0 Å². The van der Waals surface area contributed by atoms with Gasteiger partial charge in [0, 0.05) is 0 Å². The second kappa shape index (κ2) is 3.78. The molecule has 0 saturated heterocycles. The largest absolute Gasteiger partial charge is 0.0806 e. The van der Waals surface area contributed by atoms with Crippen LogP contribution in [0, 0.1) is 0 Å². The minimum absolute atomic E-state index is 1.14. The Balaban J connectivity index is 2.18. The summed E-state index contributed by atoms with van der Waals surface area (Å²) in [4.78, 5) is 0. The summed E-state index contributed by atoms with van der Waals surface area (Å²) < 4.78 is 0. The van der Waals surface area contributed by atoms with Gasteiger partial charge in [0.1, 0.15) is 0 Å². The number of benzene rings is 1. The van der Waals surface area contributed by atoms with Gasteiger partial charge in [-0.05, 0) is 30.4 Å². The molecule has 0 atom stereocenters. The van der Waals surface area contributed by atoms with Gasteiger partial charge in [0.25, 0.3) is 0 Å². The van der Waals surface area contributed by atoms with Crippen LogP contribution in [0.2, 0.25) is 0 Å². The lowest BCUT2D eigenvalue weighted by molar-refractivity contribution is 0.844. The van der Waals surface area contributed by atoms with Gasteiger partial charge < -0.3 is 0 Å². The van der Waals surface area contributed by atoms with Gasteiger partial charge in [-0.15, -0.1) is 0 Å². The molecule has 0 nitrogen and oxygen atoms in total. The molecule has 0 unspecified atom stereocenters. The van der Waals surface area contributed by atoms with Gasteiger partial charge in [0.15, 0.2) is 0 Å². The van der Waals surface area contributed by atoms with Crippen LogP contribution in [-0.2, 0) is 12.8 Å². The quantitative estimate of drug-likeness (QED) is 0.599. The highest BCUT2D eigenvalue weighted by Gasteiger charge is 2.08. The molecule has 2 rings (SSSR count). The minimum Gasteiger partial charge on any atom is -0.0806 e. The Morgan fingerprint density at radius 2 is 1.92 bits per heavy atom. The van der Waals surface area contributed by atoms with E-state index >= 15 is 0 Å². The molecule has 1 aliphatic rings. The first kappa shape index (κ1) is 8.55. The van der Waals surface area contributed by atoms with Crippen molar-refractivity contribution in [2.45, 2.75) is 32.6 Å². The summed E-state index contributed by atoms with van der Waals surface area (Å²) in [6.07, 6.45) is 7.28. The van der Waals surface area contributed by atoms with Gasteiger partial charge in [0.05, 0.1) is 0 Å². The summed E-state index contributed by atoms with van der Waals surface area (Å²) in [5.74, 6) is 0. The summed E-state index contributed by atoms with van der Waals surface area (Å²) >= 11 is 0. The number of rotatable bonds is 2. The third-order valence-electron chi connectivity index (χ3n) is 2.72. The lowest BCUT2D eigenvalue weighted by atomic mass is 9.90. The fourth-order valence-electron chi connectivity index (χ4n) is 2.01. The summed E-state index contributed by atoms with van der Waals surface area (Å²) in [5, 5.41) is 0. The lowest BCUT2D eigenvalue weighted by Crippen LogP contribution is -2.02. The van der Waals surface area contributed by atoms with Crippen molar-refractivity contribution < 1.29 is 0 Å². The Hall–Kier alpha value is -1.04. The minimum atomic E-state index is 1.14. The number of allylic oxidation sites excluding steroid dienone is 2. The first-order valence-electron chi connectivity index (χ1n) is 5.15. The summed E-state index contributed by atoms with van der Waals surface area (Å²) in [6.45, 7) is 2.25. The van der Waals surface area contributed by atoms with Crippen LogP contribution in [0.25, 0.3) is 0 Å². The topological polar surface area (TPSA) is 0 Å². The van der Waals surface area contributed by atoms with E-state index in [0.29, 0.717) is 0 Å². The summed E-state index contributed by atoms with van der Waals surface area (Å²) in [6, 6.07) is 8.79. The van der Waals surface area contributed by atoms with Gasteiger partial charge in [-0.25, -0.2) is 0 Å². The zero-order valence-electron chi connectivity index (χ0n) is 8.22. The molecule has 0 aliphatic heterocycles. The fourth-order valence-corrected chi connectivity index (χ4v) is 2.01. The molecule has 0 fully saturated rings. The van der Waals surface area contributed by atoms with Crippen LogP contribution in [0.1, 0.15) is 30.9 Å². The van der Waals surface area contributed by atoms with Crippen molar-refractivity contribution in [2.24, 2.45) is 0 Å². The van der Waals surface area contributed by atoms with Crippen molar-refractivity contribution in [1.29, 1.82) is 0 Å². The maximum Gasteiger partial charge on any atom is -0.00642 e. The predicted octanol–water partition coefficient (Wildman–Crippen LogP) is 3.51. The molecule has 1 aliphatic carbocycles. The molecular formula is C13H16. The average molecular weight is 172 g/mol. The first-order valence-corrected chi connectivity index (χ1v) is 5.15. The Kier molecular flexibility index (Phi) is 2.49. The standard InChI is InChI=1S/C13H16/c1-2-5-11-8-9-12-6-3-4-7-13(12)10-11/h3-4,6-8H,2,5,9-10H2,1H3. The Bertz CT molecular complexity index is 321. The average Bonchev–Trinajstić information content (AvgIpc) is 2.18. The number of hydrogen-bond donors (Lipinski definition) is 0. The SMILES string of the molecule is CCCC1=CCc2ccccc2C1. The van der Waals surface area contributed by atoms with Crippen LogP contribution < -0.4 is 0 Å². The molecule has 0 N–H and O–H groups in total. The molecule has 0 saturated carbocycles. The molecule has 1 aromatic carbocycles. The fraction of sp³-hybridized carbons (Fsp3) is 0.385. The molecule has 1 aromatic rings. The molecule has 0 heteroatoms. The van der Waals surface area contributed by atoms with E-state index in [1.807, 2.05) is 0 Å².